The van der Waals surface area contributed by atoms with E-state index in [9.17, 15) is 4.79 Å². The Morgan fingerprint density at radius 1 is 1.47 bits per heavy atom. The molecule has 1 saturated heterocycles. The van der Waals surface area contributed by atoms with Crippen LogP contribution in [-0.2, 0) is 17.9 Å². The Morgan fingerprint density at radius 3 is 2.68 bits per heavy atom. The van der Waals surface area contributed by atoms with Gasteiger partial charge in [-0.15, -0.1) is 5.10 Å². The quantitative estimate of drug-likeness (QED) is 0.872. The molecule has 0 aromatic carbocycles. The zero-order valence-electron chi connectivity index (χ0n) is 11.8. The summed E-state index contributed by atoms with van der Waals surface area (Å²) >= 11 is 0. The van der Waals surface area contributed by atoms with Gasteiger partial charge >= 0.3 is 0 Å². The van der Waals surface area contributed by atoms with Gasteiger partial charge in [-0.2, -0.15) is 0 Å². The summed E-state index contributed by atoms with van der Waals surface area (Å²) in [6.07, 6.45) is 5.08. The first kappa shape index (κ1) is 14.0. The van der Waals surface area contributed by atoms with Crippen molar-refractivity contribution in [2.24, 2.45) is 11.1 Å². The smallest absolute Gasteiger partial charge is 0.244 e. The molecule has 0 saturated carbocycles. The summed E-state index contributed by atoms with van der Waals surface area (Å²) in [4.78, 5) is 14.1. The molecule has 19 heavy (non-hydrogen) atoms. The van der Waals surface area contributed by atoms with Crippen molar-refractivity contribution in [1.82, 2.24) is 19.9 Å². The first-order valence-corrected chi connectivity index (χ1v) is 6.93. The molecule has 2 rings (SSSR count). The normalized spacial score (nSPS) is 18.6. The molecular formula is C13H23N5O. The van der Waals surface area contributed by atoms with Gasteiger partial charge in [0.25, 0.3) is 0 Å². The minimum atomic E-state index is 0.117. The van der Waals surface area contributed by atoms with Crippen LogP contribution in [0, 0.1) is 5.41 Å². The Kier molecular flexibility index (Phi) is 4.19. The largest absolute Gasteiger partial charge is 0.341 e. The lowest BCUT2D eigenvalue weighted by Gasteiger charge is -2.38. The molecule has 6 nitrogen and oxygen atoms in total. The summed E-state index contributed by atoms with van der Waals surface area (Å²) in [5.74, 6) is 0.117. The molecule has 1 aromatic heterocycles. The molecule has 2 heterocycles. The van der Waals surface area contributed by atoms with Gasteiger partial charge in [-0.3, -0.25) is 4.79 Å². The zero-order chi connectivity index (χ0) is 13.9. The first-order valence-electron chi connectivity index (χ1n) is 6.93. The van der Waals surface area contributed by atoms with Gasteiger partial charge in [0.2, 0.25) is 5.91 Å². The highest BCUT2D eigenvalue weighted by atomic mass is 16.2. The van der Waals surface area contributed by atoms with Gasteiger partial charge in [-0.1, -0.05) is 25.5 Å². The topological polar surface area (TPSA) is 77.0 Å². The number of amides is 1. The summed E-state index contributed by atoms with van der Waals surface area (Å²) < 4.78 is 1.57. The van der Waals surface area contributed by atoms with Crippen LogP contribution in [-0.4, -0.2) is 38.9 Å². The van der Waals surface area contributed by atoms with E-state index in [1.165, 1.54) is 6.42 Å². The lowest BCUT2D eigenvalue weighted by atomic mass is 9.78. The number of nitrogens with zero attached hydrogens (tertiary/aromatic N) is 4. The van der Waals surface area contributed by atoms with E-state index in [0.717, 1.165) is 25.9 Å². The lowest BCUT2D eigenvalue weighted by molar-refractivity contribution is -0.134. The molecule has 2 N–H and O–H groups in total. The Morgan fingerprint density at radius 2 is 2.16 bits per heavy atom. The standard InChI is InChI=1S/C13H23N5O/c1-3-13(2)4-6-17(7-5-13)12(19)10-18-9-11(8-14)15-16-18/h9H,3-8,10,14H2,1-2H3. The maximum absolute atomic E-state index is 12.2. The number of rotatable bonds is 4. The van der Waals surface area contributed by atoms with Crippen LogP contribution in [0.15, 0.2) is 6.20 Å². The number of aromatic nitrogens is 3. The number of carbonyl (C=O) groups is 1. The molecule has 1 fully saturated rings. The Labute approximate surface area is 113 Å². The average Bonchev–Trinajstić information content (AvgIpc) is 2.87. The summed E-state index contributed by atoms with van der Waals surface area (Å²) in [6.45, 7) is 6.84. The lowest BCUT2D eigenvalue weighted by Crippen LogP contribution is -2.43. The van der Waals surface area contributed by atoms with Gasteiger partial charge < -0.3 is 10.6 Å². The second-order valence-electron chi connectivity index (χ2n) is 5.66. The Balaban J connectivity index is 1.88. The van der Waals surface area contributed by atoms with Gasteiger partial charge in [0.05, 0.1) is 11.9 Å². The molecular weight excluding hydrogens is 242 g/mol. The van der Waals surface area contributed by atoms with Crippen molar-refractivity contribution in [2.75, 3.05) is 13.1 Å². The number of piperidine rings is 1. The zero-order valence-corrected chi connectivity index (χ0v) is 11.8. The van der Waals surface area contributed by atoms with Gasteiger partial charge in [-0.05, 0) is 18.3 Å². The maximum atomic E-state index is 12.2. The first-order chi connectivity index (χ1) is 9.06. The fraction of sp³-hybridized carbons (Fsp3) is 0.769. The van der Waals surface area contributed by atoms with E-state index >= 15 is 0 Å². The van der Waals surface area contributed by atoms with Crippen LogP contribution in [0.4, 0.5) is 0 Å². The van der Waals surface area contributed by atoms with Crippen LogP contribution in [0.25, 0.3) is 0 Å². The summed E-state index contributed by atoms with van der Waals surface area (Å²) in [6, 6.07) is 0. The van der Waals surface area contributed by atoms with Crippen molar-refractivity contribution in [3.05, 3.63) is 11.9 Å². The molecule has 0 bridgehead atoms. The second kappa shape index (κ2) is 5.69. The number of likely N-dealkylation sites (tertiary alicyclic amines) is 1. The van der Waals surface area contributed by atoms with Gasteiger partial charge in [0, 0.05) is 19.6 Å². The maximum Gasteiger partial charge on any atom is 0.244 e. The average molecular weight is 265 g/mol. The fourth-order valence-corrected chi connectivity index (χ4v) is 2.40. The molecule has 0 unspecified atom stereocenters. The van der Waals surface area contributed by atoms with Crippen LogP contribution in [0.3, 0.4) is 0 Å². The Hall–Kier alpha value is -1.43. The fourth-order valence-electron chi connectivity index (χ4n) is 2.40. The number of hydrogen-bond acceptors (Lipinski definition) is 4. The van der Waals surface area contributed by atoms with E-state index in [0.29, 0.717) is 17.7 Å². The van der Waals surface area contributed by atoms with Gasteiger partial charge in [0.1, 0.15) is 6.54 Å². The van der Waals surface area contributed by atoms with E-state index in [-0.39, 0.29) is 12.5 Å². The third-order valence-electron chi connectivity index (χ3n) is 4.27. The molecule has 1 aromatic rings. The van der Waals surface area contributed by atoms with Crippen molar-refractivity contribution >= 4 is 5.91 Å². The summed E-state index contributed by atoms with van der Waals surface area (Å²) in [5.41, 5.74) is 6.58. The minimum Gasteiger partial charge on any atom is -0.341 e. The monoisotopic (exact) mass is 265 g/mol. The number of hydrogen-bond donors (Lipinski definition) is 1. The molecule has 1 aliphatic rings. The predicted octanol–water partition coefficient (Wildman–Crippen LogP) is 0.776. The van der Waals surface area contributed by atoms with Crippen LogP contribution >= 0.6 is 0 Å². The van der Waals surface area contributed by atoms with Crippen molar-refractivity contribution in [1.29, 1.82) is 0 Å². The van der Waals surface area contributed by atoms with Gasteiger partial charge in [0.15, 0.2) is 0 Å². The van der Waals surface area contributed by atoms with Crippen LogP contribution < -0.4 is 5.73 Å². The van der Waals surface area contributed by atoms with Gasteiger partial charge in [-0.25, -0.2) is 4.68 Å². The predicted molar refractivity (Wildman–Crippen MR) is 72.1 cm³/mol. The highest BCUT2D eigenvalue weighted by molar-refractivity contribution is 5.76. The highest BCUT2D eigenvalue weighted by Gasteiger charge is 2.30. The second-order valence-corrected chi connectivity index (χ2v) is 5.66. The third-order valence-corrected chi connectivity index (χ3v) is 4.27. The van der Waals surface area contributed by atoms with E-state index in [4.69, 9.17) is 5.73 Å². The molecule has 0 radical (unpaired) electrons. The number of nitrogens with two attached hydrogens (primary N) is 1. The number of carbonyl (C=O) groups excluding carboxylic acids is 1. The molecule has 0 atom stereocenters. The molecule has 0 spiro atoms. The van der Waals surface area contributed by atoms with Crippen molar-refractivity contribution in [3.63, 3.8) is 0 Å². The molecule has 0 aliphatic carbocycles. The van der Waals surface area contributed by atoms with Crippen molar-refractivity contribution in [3.8, 4) is 0 Å². The molecule has 1 aliphatic heterocycles. The van der Waals surface area contributed by atoms with E-state index in [2.05, 4.69) is 24.2 Å². The Bertz CT molecular complexity index is 434. The molecule has 1 amide bonds. The van der Waals surface area contributed by atoms with Crippen LogP contribution in [0.5, 0.6) is 0 Å². The van der Waals surface area contributed by atoms with Crippen molar-refractivity contribution < 1.29 is 4.79 Å². The van der Waals surface area contributed by atoms with Crippen molar-refractivity contribution in [2.45, 2.75) is 46.2 Å². The third kappa shape index (κ3) is 3.32. The SMILES string of the molecule is CCC1(C)CCN(C(=O)Cn2cc(CN)nn2)CC1. The van der Waals surface area contributed by atoms with Crippen LogP contribution in [0.2, 0.25) is 0 Å². The van der Waals surface area contributed by atoms with E-state index < -0.39 is 0 Å². The molecule has 6 heteroatoms. The highest BCUT2D eigenvalue weighted by Crippen LogP contribution is 2.33. The summed E-state index contributed by atoms with van der Waals surface area (Å²) in [5, 5.41) is 7.79. The molecule has 106 valence electrons. The van der Waals surface area contributed by atoms with E-state index in [1.807, 2.05) is 4.90 Å². The van der Waals surface area contributed by atoms with E-state index in [1.54, 1.807) is 10.9 Å². The summed E-state index contributed by atoms with van der Waals surface area (Å²) in [7, 11) is 0. The minimum absolute atomic E-state index is 0.117. The van der Waals surface area contributed by atoms with Crippen LogP contribution in [0.1, 0.15) is 38.8 Å².